The molecule has 2 aromatic heterocycles. The Balaban J connectivity index is 1.78. The van der Waals surface area contributed by atoms with Crippen molar-refractivity contribution in [3.05, 3.63) is 69.6 Å². The van der Waals surface area contributed by atoms with E-state index in [0.29, 0.717) is 16.8 Å². The number of rotatable bonds is 2. The topological polar surface area (TPSA) is 95.0 Å². The van der Waals surface area contributed by atoms with Crippen LogP contribution in [0.15, 0.2) is 58.2 Å². The van der Waals surface area contributed by atoms with E-state index in [1.807, 2.05) is 54.6 Å². The average Bonchev–Trinajstić information content (AvgIpc) is 3.45. The van der Waals surface area contributed by atoms with Crippen LogP contribution in [0.2, 0.25) is 0 Å². The first-order chi connectivity index (χ1) is 14.0. The first-order valence-corrected chi connectivity index (χ1v) is 9.21. The maximum absolute atomic E-state index is 11.1. The number of nitrogens with one attached hydrogen (secondary N) is 2. The zero-order valence-electron chi connectivity index (χ0n) is 16.0. The zero-order chi connectivity index (χ0) is 20.1. The van der Waals surface area contributed by atoms with Crippen molar-refractivity contribution in [2.75, 3.05) is 14.2 Å². The summed E-state index contributed by atoms with van der Waals surface area (Å²) >= 11 is 0. The van der Waals surface area contributed by atoms with Gasteiger partial charge in [-0.2, -0.15) is 0 Å². The van der Waals surface area contributed by atoms with Crippen LogP contribution >= 0.6 is 0 Å². The molecule has 0 amide bonds. The summed E-state index contributed by atoms with van der Waals surface area (Å²) in [7, 11) is 3.15. The molecule has 0 fully saturated rings. The minimum atomic E-state index is -1.57. The van der Waals surface area contributed by atoms with E-state index >= 15 is 0 Å². The lowest BCUT2D eigenvalue weighted by Crippen LogP contribution is -2.28. The maximum Gasteiger partial charge on any atom is 0.237 e. The van der Waals surface area contributed by atoms with Crippen molar-refractivity contribution in [2.45, 2.75) is 11.4 Å². The minimum Gasteiger partial charge on any atom is -0.495 e. The van der Waals surface area contributed by atoms with Crippen LogP contribution in [0.4, 0.5) is 0 Å². The summed E-state index contributed by atoms with van der Waals surface area (Å²) in [4.78, 5) is 15.8. The Kier molecular flexibility index (Phi) is 3.84. The molecule has 7 nitrogen and oxygen atoms in total. The molecule has 0 aliphatic carbocycles. The van der Waals surface area contributed by atoms with Gasteiger partial charge >= 0.3 is 0 Å². The summed E-state index contributed by atoms with van der Waals surface area (Å²) in [6.07, 6.45) is 12.9. The largest absolute Gasteiger partial charge is 0.495 e. The quantitative estimate of drug-likeness (QED) is 0.629. The van der Waals surface area contributed by atoms with Crippen LogP contribution in [0.1, 0.15) is 0 Å². The molecular formula is C22H20N4O3. The molecule has 0 spiro atoms. The van der Waals surface area contributed by atoms with Gasteiger partial charge in [0.2, 0.25) is 5.72 Å². The zero-order valence-corrected chi connectivity index (χ0v) is 16.0. The van der Waals surface area contributed by atoms with Gasteiger partial charge in [-0.3, -0.25) is 0 Å². The number of allylic oxidation sites excluding steroid dienone is 2. The molecule has 7 heteroatoms. The molecule has 2 unspecified atom stereocenters. The Bertz CT molecular complexity index is 1360. The van der Waals surface area contributed by atoms with Gasteiger partial charge in [0.05, 0.1) is 18.5 Å². The van der Waals surface area contributed by atoms with Gasteiger partial charge in [0.25, 0.3) is 0 Å². The normalized spacial score (nSPS) is 27.1. The number of aromatic nitrogens is 2. The minimum absolute atomic E-state index is 0.358. The number of H-pyrrole nitrogens is 2. The summed E-state index contributed by atoms with van der Waals surface area (Å²) in [5.74, 6) is 0.358. The Hall–Kier alpha value is -3.42. The molecule has 3 N–H and O–H groups in total. The fourth-order valence-electron chi connectivity index (χ4n) is 3.68. The van der Waals surface area contributed by atoms with E-state index in [1.54, 1.807) is 19.3 Å². The highest BCUT2D eigenvalue weighted by Crippen LogP contribution is 2.27. The van der Waals surface area contributed by atoms with Crippen molar-refractivity contribution in [3.63, 3.8) is 0 Å². The van der Waals surface area contributed by atoms with Crippen LogP contribution in [-0.2, 0) is 9.47 Å². The van der Waals surface area contributed by atoms with Crippen LogP contribution in [-0.4, -0.2) is 52.2 Å². The number of fused-ring (bicyclic) bond motifs is 6. The summed E-state index contributed by atoms with van der Waals surface area (Å²) in [5.41, 5.74) is -1.06. The van der Waals surface area contributed by atoms with Crippen molar-refractivity contribution in [1.29, 1.82) is 0 Å². The van der Waals surface area contributed by atoms with Crippen molar-refractivity contribution in [3.8, 4) is 0 Å². The van der Waals surface area contributed by atoms with Crippen molar-refractivity contribution in [1.82, 2.24) is 9.97 Å². The van der Waals surface area contributed by atoms with E-state index < -0.39 is 11.4 Å². The summed E-state index contributed by atoms with van der Waals surface area (Å²) < 4.78 is 11.1. The van der Waals surface area contributed by atoms with Crippen LogP contribution in [0, 0.1) is 0 Å². The molecule has 2 atom stereocenters. The van der Waals surface area contributed by atoms with Gasteiger partial charge < -0.3 is 24.5 Å². The van der Waals surface area contributed by atoms with Crippen molar-refractivity contribution >= 4 is 35.7 Å². The first-order valence-electron chi connectivity index (χ1n) is 9.21. The highest BCUT2D eigenvalue weighted by atomic mass is 16.5. The highest BCUT2D eigenvalue weighted by Gasteiger charge is 2.35. The molecule has 3 aliphatic heterocycles. The molecule has 5 rings (SSSR count). The third kappa shape index (κ3) is 3.10. The molecule has 0 saturated heterocycles. The molecule has 8 bridgehead atoms. The van der Waals surface area contributed by atoms with Crippen molar-refractivity contribution in [2.24, 2.45) is 9.98 Å². The molecule has 29 heavy (non-hydrogen) atoms. The molecule has 0 aromatic carbocycles. The predicted molar refractivity (Wildman–Crippen MR) is 112 cm³/mol. The molecule has 146 valence electrons. The van der Waals surface area contributed by atoms with E-state index in [9.17, 15) is 5.11 Å². The second-order valence-corrected chi connectivity index (χ2v) is 7.12. The fourth-order valence-corrected chi connectivity index (χ4v) is 3.68. The van der Waals surface area contributed by atoms with Gasteiger partial charge in [0.1, 0.15) is 0 Å². The molecule has 0 radical (unpaired) electrons. The molecule has 0 saturated carbocycles. The maximum atomic E-state index is 11.1. The SMILES string of the molecule is COC1=CC2=NC1(O)C=c1ccc([nH]1)=CC1=NC(OC)(C=C1)C=c1ccc([nH]1)=C2. The van der Waals surface area contributed by atoms with E-state index in [4.69, 9.17) is 14.5 Å². The van der Waals surface area contributed by atoms with E-state index in [1.165, 1.54) is 7.11 Å². The van der Waals surface area contributed by atoms with Gasteiger partial charge in [-0.1, -0.05) is 0 Å². The number of aliphatic imine (C=N–C) groups is 2. The molecular weight excluding hydrogens is 368 g/mol. The van der Waals surface area contributed by atoms with Crippen LogP contribution in [0.3, 0.4) is 0 Å². The number of methoxy groups -OCH3 is 2. The molecule has 3 aliphatic rings. The Labute approximate surface area is 166 Å². The Morgan fingerprint density at radius 1 is 0.828 bits per heavy atom. The number of ether oxygens (including phenoxy) is 2. The standard InChI is InChI=1S/C22H20N4O3/c1-28-20-11-19-10-15-3-5-17(23-15)12-21(29-2)8-7-16(25-21)9-14-4-6-18(24-14)13-22(20,27)26-19/h3-13,23-24,27H,1-2H3. The van der Waals surface area contributed by atoms with Gasteiger partial charge in [-0.25, -0.2) is 9.98 Å². The molecule has 2 aromatic rings. The lowest BCUT2D eigenvalue weighted by atomic mass is 10.2. The summed E-state index contributed by atoms with van der Waals surface area (Å²) in [6.45, 7) is 0. The van der Waals surface area contributed by atoms with E-state index in [2.05, 4.69) is 15.0 Å². The number of hydrogen-bond acceptors (Lipinski definition) is 5. The smallest absolute Gasteiger partial charge is 0.237 e. The number of nitrogens with zero attached hydrogens (tertiary/aromatic N) is 2. The summed E-state index contributed by atoms with van der Waals surface area (Å²) in [5, 5.41) is 14.3. The first kappa shape index (κ1) is 17.7. The number of aromatic amines is 2. The van der Waals surface area contributed by atoms with E-state index in [0.717, 1.165) is 21.8 Å². The number of aliphatic hydroxyl groups is 1. The fraction of sp³-hybridized carbons (Fsp3) is 0.182. The third-order valence-electron chi connectivity index (χ3n) is 5.07. The second kappa shape index (κ2) is 6.30. The van der Waals surface area contributed by atoms with Gasteiger partial charge in [0.15, 0.2) is 11.5 Å². The van der Waals surface area contributed by atoms with Gasteiger partial charge in [-0.15, -0.1) is 0 Å². The van der Waals surface area contributed by atoms with Gasteiger partial charge in [0, 0.05) is 40.7 Å². The average molecular weight is 388 g/mol. The second-order valence-electron chi connectivity index (χ2n) is 7.12. The summed E-state index contributed by atoms with van der Waals surface area (Å²) in [6, 6.07) is 7.67. The molecule has 5 heterocycles. The lowest BCUT2D eigenvalue weighted by Gasteiger charge is -2.17. The van der Waals surface area contributed by atoms with Gasteiger partial charge in [-0.05, 0) is 54.6 Å². The van der Waals surface area contributed by atoms with Crippen molar-refractivity contribution < 1.29 is 14.6 Å². The van der Waals surface area contributed by atoms with Crippen LogP contribution < -0.4 is 21.4 Å². The number of hydrogen-bond donors (Lipinski definition) is 3. The van der Waals surface area contributed by atoms with Crippen LogP contribution in [0.5, 0.6) is 0 Å². The van der Waals surface area contributed by atoms with E-state index in [-0.39, 0.29) is 0 Å². The van der Waals surface area contributed by atoms with Crippen LogP contribution in [0.25, 0.3) is 24.3 Å². The Morgan fingerprint density at radius 3 is 2.17 bits per heavy atom. The predicted octanol–water partition coefficient (Wildman–Crippen LogP) is -0.794. The monoisotopic (exact) mass is 388 g/mol. The Morgan fingerprint density at radius 2 is 1.48 bits per heavy atom. The lowest BCUT2D eigenvalue weighted by molar-refractivity contribution is 0.0891. The third-order valence-corrected chi connectivity index (χ3v) is 5.07. The highest BCUT2D eigenvalue weighted by molar-refractivity contribution is 6.19.